The Labute approximate surface area is 154 Å². The Morgan fingerprint density at radius 1 is 1.26 bits per heavy atom. The predicted octanol–water partition coefficient (Wildman–Crippen LogP) is 3.73. The first-order chi connectivity index (χ1) is 13.0. The Kier molecular flexibility index (Phi) is 3.25. The molecule has 1 aliphatic carbocycles. The van der Waals surface area contributed by atoms with E-state index in [-0.39, 0.29) is 5.56 Å². The van der Waals surface area contributed by atoms with E-state index in [0.717, 1.165) is 51.5 Å². The van der Waals surface area contributed by atoms with Crippen LogP contribution in [0, 0.1) is 6.92 Å². The molecule has 3 aromatic heterocycles. The van der Waals surface area contributed by atoms with E-state index < -0.39 is 11.5 Å². The number of hydrogen-bond donors (Lipinski definition) is 2. The molecule has 0 saturated heterocycles. The van der Waals surface area contributed by atoms with E-state index in [1.54, 1.807) is 18.5 Å². The lowest BCUT2D eigenvalue weighted by molar-refractivity contribution is 0.0694. The molecule has 0 spiro atoms. The lowest BCUT2D eigenvalue weighted by Gasteiger charge is -2.15. The van der Waals surface area contributed by atoms with Gasteiger partial charge in [0.25, 0.3) is 5.56 Å². The second-order valence-electron chi connectivity index (χ2n) is 7.14. The maximum atomic E-state index is 12.7. The number of aromatic carboxylic acids is 1. The molecule has 1 aliphatic rings. The third-order valence-corrected chi connectivity index (χ3v) is 5.41. The summed E-state index contributed by atoms with van der Waals surface area (Å²) in [6, 6.07) is 9.55. The molecule has 27 heavy (non-hydrogen) atoms. The van der Waals surface area contributed by atoms with Crippen LogP contribution < -0.4 is 5.56 Å². The molecule has 3 heterocycles. The number of rotatable bonds is 3. The zero-order valence-corrected chi connectivity index (χ0v) is 14.7. The van der Waals surface area contributed by atoms with Crippen LogP contribution in [0.1, 0.15) is 40.2 Å². The molecule has 0 unspecified atom stereocenters. The molecule has 1 saturated carbocycles. The van der Waals surface area contributed by atoms with Crippen molar-refractivity contribution < 1.29 is 9.90 Å². The van der Waals surface area contributed by atoms with Crippen molar-refractivity contribution in [2.45, 2.75) is 25.7 Å². The average Bonchev–Trinajstić information content (AvgIpc) is 3.39. The monoisotopic (exact) mass is 359 g/mol. The van der Waals surface area contributed by atoms with Gasteiger partial charge >= 0.3 is 5.97 Å². The Hall–Kier alpha value is -3.41. The fourth-order valence-electron chi connectivity index (χ4n) is 3.87. The van der Waals surface area contributed by atoms with Gasteiger partial charge in [-0.1, -0.05) is 12.1 Å². The molecule has 5 rings (SSSR count). The number of fused-ring (bicyclic) bond motifs is 2. The summed E-state index contributed by atoms with van der Waals surface area (Å²) in [5.74, 6) is -0.856. The number of hydrogen-bond acceptors (Lipinski definition) is 3. The van der Waals surface area contributed by atoms with Crippen molar-refractivity contribution in [1.82, 2.24) is 14.6 Å². The number of nitrogens with zero attached hydrogens (tertiary/aromatic N) is 2. The summed E-state index contributed by atoms with van der Waals surface area (Å²) in [4.78, 5) is 24.2. The zero-order chi connectivity index (χ0) is 18.7. The van der Waals surface area contributed by atoms with Crippen molar-refractivity contribution >= 4 is 22.4 Å². The van der Waals surface area contributed by atoms with Gasteiger partial charge in [0, 0.05) is 11.6 Å². The Bertz CT molecular complexity index is 1300. The summed E-state index contributed by atoms with van der Waals surface area (Å²) in [6.45, 7) is 1.99. The van der Waals surface area contributed by atoms with Gasteiger partial charge < -0.3 is 5.11 Å². The molecule has 0 aliphatic heterocycles. The number of aromatic amines is 1. The van der Waals surface area contributed by atoms with Crippen LogP contribution in [-0.4, -0.2) is 25.7 Å². The van der Waals surface area contributed by atoms with Gasteiger partial charge in [-0.05, 0) is 66.1 Å². The summed E-state index contributed by atoms with van der Waals surface area (Å²) in [6.07, 6.45) is 5.52. The highest BCUT2D eigenvalue weighted by atomic mass is 16.4. The quantitative estimate of drug-likeness (QED) is 0.583. The number of nitrogens with one attached hydrogen (secondary N) is 1. The summed E-state index contributed by atoms with van der Waals surface area (Å²) in [5.41, 5.74) is 5.11. The molecule has 1 aromatic carbocycles. The Morgan fingerprint density at radius 3 is 2.81 bits per heavy atom. The number of carbonyl (C=O) groups is 1. The number of aryl methyl sites for hydroxylation is 1. The van der Waals surface area contributed by atoms with Crippen molar-refractivity contribution in [2.75, 3.05) is 0 Å². The standard InChI is InChI=1S/C21H17N3O3/c1-11-15(13-4-5-14-10-22-23-18(14)8-13)6-7-24-19(11)16(12-2-3-12)9-17(20(24)25)21(26)27/h4-10,12H,2-3H2,1H3,(H,22,23)(H,26,27). The highest BCUT2D eigenvalue weighted by Crippen LogP contribution is 2.43. The number of benzene rings is 1. The number of H-pyrrole nitrogens is 1. The van der Waals surface area contributed by atoms with E-state index in [9.17, 15) is 14.7 Å². The van der Waals surface area contributed by atoms with E-state index in [1.165, 1.54) is 4.40 Å². The van der Waals surface area contributed by atoms with Crippen LogP contribution in [0.5, 0.6) is 0 Å². The maximum Gasteiger partial charge on any atom is 0.341 e. The Morgan fingerprint density at radius 2 is 2.07 bits per heavy atom. The van der Waals surface area contributed by atoms with Crippen LogP contribution in [0.15, 0.2) is 47.5 Å². The molecule has 0 amide bonds. The average molecular weight is 359 g/mol. The fraction of sp³-hybridized carbons (Fsp3) is 0.190. The SMILES string of the molecule is Cc1c(-c2ccc3cn[nH]c3c2)ccn2c(=O)c(C(=O)O)cc(C3CC3)c12. The predicted molar refractivity (Wildman–Crippen MR) is 102 cm³/mol. The second-order valence-corrected chi connectivity index (χ2v) is 7.14. The molecule has 0 bridgehead atoms. The topological polar surface area (TPSA) is 87.5 Å². The van der Waals surface area contributed by atoms with Crippen LogP contribution in [-0.2, 0) is 0 Å². The van der Waals surface area contributed by atoms with Crippen LogP contribution in [0.25, 0.3) is 27.5 Å². The summed E-state index contributed by atoms with van der Waals surface area (Å²) in [7, 11) is 0. The molecule has 0 radical (unpaired) electrons. The maximum absolute atomic E-state index is 12.7. The van der Waals surface area contributed by atoms with E-state index in [2.05, 4.69) is 10.2 Å². The van der Waals surface area contributed by atoms with Gasteiger partial charge in [-0.3, -0.25) is 14.3 Å². The number of carboxylic acids is 1. The van der Waals surface area contributed by atoms with E-state index in [4.69, 9.17) is 0 Å². The van der Waals surface area contributed by atoms with E-state index >= 15 is 0 Å². The van der Waals surface area contributed by atoms with Crippen LogP contribution in [0.4, 0.5) is 0 Å². The van der Waals surface area contributed by atoms with Gasteiger partial charge in [-0.25, -0.2) is 4.79 Å². The van der Waals surface area contributed by atoms with Crippen molar-refractivity contribution in [3.8, 4) is 11.1 Å². The lowest BCUT2D eigenvalue weighted by Crippen LogP contribution is -2.23. The molecule has 134 valence electrons. The first-order valence-corrected chi connectivity index (χ1v) is 8.90. The van der Waals surface area contributed by atoms with Gasteiger partial charge in [-0.15, -0.1) is 0 Å². The highest BCUT2D eigenvalue weighted by Gasteiger charge is 2.29. The first-order valence-electron chi connectivity index (χ1n) is 8.90. The highest BCUT2D eigenvalue weighted by molar-refractivity contribution is 5.90. The summed E-state index contributed by atoms with van der Waals surface area (Å²) >= 11 is 0. The molecule has 0 atom stereocenters. The smallest absolute Gasteiger partial charge is 0.341 e. The zero-order valence-electron chi connectivity index (χ0n) is 14.7. The summed E-state index contributed by atoms with van der Waals surface area (Å²) in [5, 5.41) is 17.5. The van der Waals surface area contributed by atoms with Crippen molar-refractivity contribution in [3.05, 3.63) is 69.8 Å². The van der Waals surface area contributed by atoms with Gasteiger partial charge in [0.1, 0.15) is 5.56 Å². The molecule has 1 fully saturated rings. The lowest BCUT2D eigenvalue weighted by atomic mass is 9.96. The Balaban J connectivity index is 1.82. The fourth-order valence-corrected chi connectivity index (χ4v) is 3.87. The third-order valence-electron chi connectivity index (χ3n) is 5.41. The van der Waals surface area contributed by atoms with Gasteiger partial charge in [0.15, 0.2) is 0 Å². The molecule has 2 N–H and O–H groups in total. The minimum absolute atomic E-state index is 0.166. The molecular formula is C21H17N3O3. The van der Waals surface area contributed by atoms with E-state index in [0.29, 0.717) is 5.92 Å². The second kappa shape index (κ2) is 5.54. The molecule has 6 nitrogen and oxygen atoms in total. The van der Waals surface area contributed by atoms with Crippen molar-refractivity contribution in [3.63, 3.8) is 0 Å². The minimum Gasteiger partial charge on any atom is -0.477 e. The molecule has 4 aromatic rings. The van der Waals surface area contributed by atoms with Crippen molar-refractivity contribution in [1.29, 1.82) is 0 Å². The van der Waals surface area contributed by atoms with Crippen molar-refractivity contribution in [2.24, 2.45) is 0 Å². The summed E-state index contributed by atoms with van der Waals surface area (Å²) < 4.78 is 1.49. The number of carboxylic acid groups (broad SMARTS) is 1. The van der Waals surface area contributed by atoms with Crippen LogP contribution in [0.2, 0.25) is 0 Å². The number of aromatic nitrogens is 3. The largest absolute Gasteiger partial charge is 0.477 e. The van der Waals surface area contributed by atoms with Gasteiger partial charge in [-0.2, -0.15) is 5.10 Å². The molecule has 6 heteroatoms. The normalized spacial score (nSPS) is 14.1. The molecular weight excluding hydrogens is 342 g/mol. The van der Waals surface area contributed by atoms with Gasteiger partial charge in [0.2, 0.25) is 0 Å². The van der Waals surface area contributed by atoms with Crippen LogP contribution >= 0.6 is 0 Å². The van der Waals surface area contributed by atoms with Gasteiger partial charge in [0.05, 0.1) is 17.2 Å². The number of pyridine rings is 2. The minimum atomic E-state index is -1.18. The third kappa shape index (κ3) is 2.37. The van der Waals surface area contributed by atoms with Crippen LogP contribution in [0.3, 0.4) is 0 Å². The first kappa shape index (κ1) is 15.8. The van der Waals surface area contributed by atoms with E-state index in [1.807, 2.05) is 31.2 Å².